The Morgan fingerprint density at radius 2 is 2.10 bits per heavy atom. The largest absolute Gasteiger partial charge is 0.323 e. The van der Waals surface area contributed by atoms with E-state index < -0.39 is 33.9 Å². The first-order valence-corrected chi connectivity index (χ1v) is 7.43. The van der Waals surface area contributed by atoms with Crippen molar-refractivity contribution in [3.63, 3.8) is 0 Å². The number of pyridine rings is 1. The van der Waals surface area contributed by atoms with Gasteiger partial charge in [0.05, 0.1) is 12.2 Å². The van der Waals surface area contributed by atoms with Crippen LogP contribution in [-0.2, 0) is 19.6 Å². The van der Waals surface area contributed by atoms with Gasteiger partial charge in [0.1, 0.15) is 10.4 Å². The Labute approximate surface area is 121 Å². The summed E-state index contributed by atoms with van der Waals surface area (Å²) in [5.41, 5.74) is 0.975. The van der Waals surface area contributed by atoms with E-state index in [1.54, 1.807) is 0 Å². The van der Waals surface area contributed by atoms with Gasteiger partial charge in [0.15, 0.2) is 0 Å². The fraction of sp³-hybridized carbons (Fsp3) is 0.364. The first kappa shape index (κ1) is 15.4. The molecule has 1 aliphatic heterocycles. The molecule has 0 atom stereocenters. The number of imide groups is 1. The Hall–Kier alpha value is -2.04. The number of nitrogen functional groups attached to an aromatic ring is 1. The van der Waals surface area contributed by atoms with E-state index in [4.69, 9.17) is 5.84 Å². The molecule has 2 heterocycles. The molecule has 2 rings (SSSR count). The Balaban J connectivity index is 2.57. The molecule has 0 aliphatic carbocycles. The lowest BCUT2D eigenvalue weighted by Crippen LogP contribution is -2.65. The van der Waals surface area contributed by atoms with Gasteiger partial charge in [-0.25, -0.2) is 8.42 Å². The number of carbonyl (C=O) groups excluding carboxylic acids is 2. The maximum absolute atomic E-state index is 12.7. The Bertz CT molecular complexity index is 700. The van der Waals surface area contributed by atoms with Gasteiger partial charge in [0, 0.05) is 12.4 Å². The number of amides is 2. The van der Waals surface area contributed by atoms with Gasteiger partial charge in [0.25, 0.3) is 0 Å². The zero-order valence-electron chi connectivity index (χ0n) is 11.5. The van der Waals surface area contributed by atoms with E-state index in [-0.39, 0.29) is 10.6 Å². The third-order valence-corrected chi connectivity index (χ3v) is 5.27. The molecule has 0 bridgehead atoms. The summed E-state index contributed by atoms with van der Waals surface area (Å²) in [5.74, 6) is 3.92. The number of aromatic nitrogens is 1. The first-order chi connectivity index (χ1) is 9.71. The molecule has 114 valence electrons. The summed E-state index contributed by atoms with van der Waals surface area (Å²) in [6, 6.07) is 1.38. The third kappa shape index (κ3) is 2.48. The monoisotopic (exact) mass is 313 g/mol. The number of rotatable bonds is 3. The molecule has 0 saturated carbocycles. The van der Waals surface area contributed by atoms with Crippen LogP contribution in [0, 0.1) is 0 Å². The van der Waals surface area contributed by atoms with Crippen LogP contribution in [0.5, 0.6) is 0 Å². The molecule has 0 radical (unpaired) electrons. The van der Waals surface area contributed by atoms with Crippen molar-refractivity contribution in [2.45, 2.75) is 24.3 Å². The molecule has 0 unspecified atom stereocenters. The van der Waals surface area contributed by atoms with Crippen LogP contribution in [0.2, 0.25) is 0 Å². The normalized spacial score (nSPS) is 19.2. The van der Waals surface area contributed by atoms with Crippen molar-refractivity contribution in [3.05, 3.63) is 18.5 Å². The summed E-state index contributed by atoms with van der Waals surface area (Å²) in [6.07, 6.45) is 2.48. The quantitative estimate of drug-likeness (QED) is 0.362. The van der Waals surface area contributed by atoms with Crippen molar-refractivity contribution in [2.75, 3.05) is 12.0 Å². The molecule has 9 nitrogen and oxygen atoms in total. The van der Waals surface area contributed by atoms with Crippen LogP contribution in [0.3, 0.4) is 0 Å². The van der Waals surface area contributed by atoms with Crippen LogP contribution in [0.15, 0.2) is 23.4 Å². The lowest BCUT2D eigenvalue weighted by molar-refractivity contribution is -0.141. The molecule has 1 fully saturated rings. The van der Waals surface area contributed by atoms with E-state index in [0.29, 0.717) is 0 Å². The summed E-state index contributed by atoms with van der Waals surface area (Å²) < 4.78 is 26.3. The van der Waals surface area contributed by atoms with Gasteiger partial charge in [-0.05, 0) is 19.9 Å². The number of nitrogens with one attached hydrogen (secondary N) is 2. The van der Waals surface area contributed by atoms with E-state index >= 15 is 0 Å². The number of carbonyl (C=O) groups is 2. The van der Waals surface area contributed by atoms with Gasteiger partial charge in [0.2, 0.25) is 21.8 Å². The SMILES string of the molecule is CC1(C)C(=O)NC(=O)CN1S(=O)(=O)c1cnccc1NN. The number of sulfonamides is 1. The number of piperazine rings is 1. The van der Waals surface area contributed by atoms with E-state index in [9.17, 15) is 18.0 Å². The highest BCUT2D eigenvalue weighted by Gasteiger charge is 2.48. The van der Waals surface area contributed by atoms with E-state index in [1.165, 1.54) is 26.1 Å². The van der Waals surface area contributed by atoms with Crippen LogP contribution < -0.4 is 16.6 Å². The molecular formula is C11H15N5O4S. The molecular weight excluding hydrogens is 298 g/mol. The maximum atomic E-state index is 12.7. The van der Waals surface area contributed by atoms with Crippen LogP contribution >= 0.6 is 0 Å². The number of anilines is 1. The minimum Gasteiger partial charge on any atom is -0.323 e. The molecule has 1 aliphatic rings. The first-order valence-electron chi connectivity index (χ1n) is 5.99. The summed E-state index contributed by atoms with van der Waals surface area (Å²) in [7, 11) is -4.13. The molecule has 1 aromatic heterocycles. The van der Waals surface area contributed by atoms with Gasteiger partial charge >= 0.3 is 0 Å². The van der Waals surface area contributed by atoms with Crippen molar-refractivity contribution < 1.29 is 18.0 Å². The average Bonchev–Trinajstić information content (AvgIpc) is 2.43. The Morgan fingerprint density at radius 1 is 1.43 bits per heavy atom. The second kappa shape index (κ2) is 5.06. The van der Waals surface area contributed by atoms with Gasteiger partial charge in [-0.2, -0.15) is 4.31 Å². The standard InChI is InChI=1S/C11H15N5O4S/c1-11(2)10(18)14-9(17)6-16(11)21(19,20)8-5-13-4-3-7(8)15-12/h3-5H,6,12H2,1-2H3,(H,13,15)(H,14,17,18). The molecule has 1 saturated heterocycles. The minimum absolute atomic E-state index is 0.124. The van der Waals surface area contributed by atoms with Gasteiger partial charge in [-0.1, -0.05) is 0 Å². The zero-order valence-corrected chi connectivity index (χ0v) is 12.3. The smallest absolute Gasteiger partial charge is 0.248 e. The number of nitrogens with two attached hydrogens (primary N) is 1. The van der Waals surface area contributed by atoms with E-state index in [1.807, 2.05) is 0 Å². The van der Waals surface area contributed by atoms with Crippen LogP contribution in [0.25, 0.3) is 0 Å². The molecule has 2 amide bonds. The highest BCUT2D eigenvalue weighted by Crippen LogP contribution is 2.29. The molecule has 21 heavy (non-hydrogen) atoms. The highest BCUT2D eigenvalue weighted by atomic mass is 32.2. The predicted molar refractivity (Wildman–Crippen MR) is 73.2 cm³/mol. The fourth-order valence-electron chi connectivity index (χ4n) is 1.97. The molecule has 0 aromatic carbocycles. The topological polar surface area (TPSA) is 134 Å². The zero-order chi connectivity index (χ0) is 15.8. The fourth-order valence-corrected chi connectivity index (χ4v) is 3.78. The van der Waals surface area contributed by atoms with Crippen molar-refractivity contribution in [1.29, 1.82) is 0 Å². The van der Waals surface area contributed by atoms with Gasteiger partial charge in [-0.15, -0.1) is 0 Å². The summed E-state index contributed by atoms with van der Waals surface area (Å²) in [4.78, 5) is 26.9. The van der Waals surface area contributed by atoms with Crippen molar-refractivity contribution >= 4 is 27.5 Å². The number of hydrogen-bond acceptors (Lipinski definition) is 7. The summed E-state index contributed by atoms with van der Waals surface area (Å²) in [6.45, 7) is 2.37. The molecule has 10 heteroatoms. The molecule has 1 aromatic rings. The van der Waals surface area contributed by atoms with Crippen molar-refractivity contribution in [1.82, 2.24) is 14.6 Å². The lowest BCUT2D eigenvalue weighted by Gasteiger charge is -2.38. The second-order valence-electron chi connectivity index (χ2n) is 4.96. The number of hydrazine groups is 1. The second-order valence-corrected chi connectivity index (χ2v) is 6.79. The van der Waals surface area contributed by atoms with Gasteiger partial charge < -0.3 is 5.43 Å². The van der Waals surface area contributed by atoms with Crippen LogP contribution in [-0.4, -0.2) is 41.6 Å². The van der Waals surface area contributed by atoms with E-state index in [2.05, 4.69) is 15.7 Å². The summed E-state index contributed by atoms with van der Waals surface area (Å²) >= 11 is 0. The Morgan fingerprint density at radius 3 is 2.71 bits per heavy atom. The molecule has 4 N–H and O–H groups in total. The number of hydrogen-bond donors (Lipinski definition) is 3. The summed E-state index contributed by atoms with van der Waals surface area (Å²) in [5, 5.41) is 2.11. The predicted octanol–water partition coefficient (Wildman–Crippen LogP) is -1.21. The van der Waals surface area contributed by atoms with E-state index in [0.717, 1.165) is 10.5 Å². The lowest BCUT2D eigenvalue weighted by atomic mass is 10.0. The molecule has 0 spiro atoms. The van der Waals surface area contributed by atoms with Crippen LogP contribution in [0.4, 0.5) is 5.69 Å². The maximum Gasteiger partial charge on any atom is 0.248 e. The third-order valence-electron chi connectivity index (χ3n) is 3.23. The minimum atomic E-state index is -4.13. The van der Waals surface area contributed by atoms with Gasteiger partial charge in [-0.3, -0.25) is 25.7 Å². The number of nitrogens with zero attached hydrogens (tertiary/aromatic N) is 2. The average molecular weight is 313 g/mol. The Kier molecular flexibility index (Phi) is 3.70. The van der Waals surface area contributed by atoms with Crippen molar-refractivity contribution in [3.8, 4) is 0 Å². The van der Waals surface area contributed by atoms with Crippen molar-refractivity contribution in [2.24, 2.45) is 5.84 Å². The highest BCUT2D eigenvalue weighted by molar-refractivity contribution is 7.89. The van der Waals surface area contributed by atoms with Crippen LogP contribution in [0.1, 0.15) is 13.8 Å².